The van der Waals surface area contributed by atoms with Crippen LogP contribution in [0.4, 0.5) is 8.78 Å². The van der Waals surface area contributed by atoms with Crippen molar-refractivity contribution in [2.24, 2.45) is 0 Å². The maximum atomic E-state index is 13.6. The molecule has 0 aromatic heterocycles. The van der Waals surface area contributed by atoms with Gasteiger partial charge in [0.25, 0.3) is 0 Å². The van der Waals surface area contributed by atoms with Gasteiger partial charge in [-0.15, -0.1) is 0 Å². The van der Waals surface area contributed by atoms with Crippen LogP contribution in [0.25, 0.3) is 0 Å². The van der Waals surface area contributed by atoms with Crippen LogP contribution in [-0.4, -0.2) is 30.5 Å². The van der Waals surface area contributed by atoms with E-state index in [1.54, 1.807) is 0 Å². The standard InChI is InChI=1S/C11H13BrF2N2S.C2H6/c1-15-7-2-3-16(6-7)17-11-5-9(13)8(12)4-10(11)14;1-2/h4-5,7,15H,2-3,6H2,1H3;1-2H3. The molecule has 2 nitrogen and oxygen atoms in total. The van der Waals surface area contributed by atoms with E-state index in [0.29, 0.717) is 10.9 Å². The first-order valence-electron chi connectivity index (χ1n) is 6.35. The molecule has 1 atom stereocenters. The van der Waals surface area contributed by atoms with Gasteiger partial charge in [0.1, 0.15) is 11.6 Å². The van der Waals surface area contributed by atoms with Crippen molar-refractivity contribution < 1.29 is 8.78 Å². The monoisotopic (exact) mass is 352 g/mol. The Bertz CT molecular complexity index is 418. The minimum absolute atomic E-state index is 0.161. The van der Waals surface area contributed by atoms with Crippen molar-refractivity contribution in [1.82, 2.24) is 9.62 Å². The highest BCUT2D eigenvalue weighted by molar-refractivity contribution is 9.10. The van der Waals surface area contributed by atoms with Gasteiger partial charge in [0.2, 0.25) is 0 Å². The SMILES string of the molecule is CC.CNC1CCN(Sc2cc(F)c(Br)cc2F)C1. The number of hydrogen-bond acceptors (Lipinski definition) is 3. The summed E-state index contributed by atoms with van der Waals surface area (Å²) >= 11 is 4.24. The van der Waals surface area contributed by atoms with Crippen LogP contribution < -0.4 is 5.32 Å². The van der Waals surface area contributed by atoms with E-state index >= 15 is 0 Å². The Labute approximate surface area is 126 Å². The molecular weight excluding hydrogens is 334 g/mol. The number of halogens is 3. The van der Waals surface area contributed by atoms with E-state index in [4.69, 9.17) is 0 Å². The molecule has 0 saturated carbocycles. The lowest BCUT2D eigenvalue weighted by Crippen LogP contribution is -2.27. The third kappa shape index (κ3) is 4.70. The fourth-order valence-corrected chi connectivity index (χ4v) is 3.11. The second kappa shape index (κ2) is 8.19. The van der Waals surface area contributed by atoms with Crippen LogP contribution in [0.1, 0.15) is 20.3 Å². The van der Waals surface area contributed by atoms with Crippen molar-refractivity contribution >= 4 is 27.9 Å². The summed E-state index contributed by atoms with van der Waals surface area (Å²) in [5.41, 5.74) is 0. The normalized spacial score (nSPS) is 19.2. The van der Waals surface area contributed by atoms with E-state index in [9.17, 15) is 8.78 Å². The second-order valence-corrected chi connectivity index (χ2v) is 5.94. The average molecular weight is 353 g/mol. The van der Waals surface area contributed by atoms with Crippen molar-refractivity contribution in [3.8, 4) is 0 Å². The number of nitrogens with zero attached hydrogens (tertiary/aromatic N) is 1. The largest absolute Gasteiger partial charge is 0.316 e. The maximum Gasteiger partial charge on any atom is 0.139 e. The van der Waals surface area contributed by atoms with Gasteiger partial charge in [-0.1, -0.05) is 13.8 Å². The lowest BCUT2D eigenvalue weighted by molar-refractivity contribution is 0.534. The summed E-state index contributed by atoms with van der Waals surface area (Å²) < 4.78 is 29.1. The van der Waals surface area contributed by atoms with Crippen LogP contribution >= 0.6 is 27.9 Å². The smallest absolute Gasteiger partial charge is 0.139 e. The minimum atomic E-state index is -0.432. The van der Waals surface area contributed by atoms with Crippen molar-refractivity contribution in [1.29, 1.82) is 0 Å². The summed E-state index contributed by atoms with van der Waals surface area (Å²) in [7, 11) is 1.92. The second-order valence-electron chi connectivity index (χ2n) is 3.95. The lowest BCUT2D eigenvalue weighted by atomic mass is 10.3. The maximum absolute atomic E-state index is 13.6. The van der Waals surface area contributed by atoms with Crippen molar-refractivity contribution in [3.63, 3.8) is 0 Å². The number of likely N-dealkylation sites (N-methyl/N-ethyl adjacent to an activating group) is 1. The molecule has 1 fully saturated rings. The quantitative estimate of drug-likeness (QED) is 0.652. The molecule has 1 unspecified atom stereocenters. The van der Waals surface area contributed by atoms with Crippen LogP contribution in [0, 0.1) is 11.6 Å². The molecule has 0 aliphatic carbocycles. The first kappa shape index (κ1) is 16.9. The van der Waals surface area contributed by atoms with Crippen LogP contribution in [0.5, 0.6) is 0 Å². The highest BCUT2D eigenvalue weighted by Crippen LogP contribution is 2.31. The van der Waals surface area contributed by atoms with Gasteiger partial charge in [0.05, 0.1) is 9.37 Å². The molecule has 1 saturated heterocycles. The van der Waals surface area contributed by atoms with Crippen molar-refractivity contribution in [2.75, 3.05) is 20.1 Å². The van der Waals surface area contributed by atoms with E-state index in [0.717, 1.165) is 19.5 Å². The van der Waals surface area contributed by atoms with E-state index < -0.39 is 11.6 Å². The summed E-state index contributed by atoms with van der Waals surface area (Å²) in [5.74, 6) is -0.825. The number of benzene rings is 1. The van der Waals surface area contributed by atoms with Crippen LogP contribution in [0.3, 0.4) is 0 Å². The van der Waals surface area contributed by atoms with Gasteiger partial charge < -0.3 is 5.32 Å². The zero-order chi connectivity index (χ0) is 14.4. The highest BCUT2D eigenvalue weighted by atomic mass is 79.9. The summed E-state index contributed by atoms with van der Waals surface area (Å²) in [4.78, 5) is 0.336. The molecule has 1 aromatic rings. The van der Waals surface area contributed by atoms with Gasteiger partial charge in [-0.25, -0.2) is 13.1 Å². The molecule has 19 heavy (non-hydrogen) atoms. The third-order valence-electron chi connectivity index (χ3n) is 2.76. The Hall–Kier alpha value is -0.170. The molecule has 0 bridgehead atoms. The molecule has 1 aromatic carbocycles. The third-order valence-corrected chi connectivity index (χ3v) is 4.47. The van der Waals surface area contributed by atoms with Crippen LogP contribution in [0.2, 0.25) is 0 Å². The summed E-state index contributed by atoms with van der Waals surface area (Å²) in [6, 6.07) is 2.84. The highest BCUT2D eigenvalue weighted by Gasteiger charge is 2.23. The van der Waals surface area contributed by atoms with Crippen molar-refractivity contribution in [3.05, 3.63) is 28.2 Å². The zero-order valence-corrected chi connectivity index (χ0v) is 13.7. The van der Waals surface area contributed by atoms with E-state index in [1.807, 2.05) is 25.2 Å². The Morgan fingerprint density at radius 3 is 2.58 bits per heavy atom. The van der Waals surface area contributed by atoms with Gasteiger partial charge in [-0.05, 0) is 53.5 Å². The first-order valence-corrected chi connectivity index (χ1v) is 7.91. The molecule has 0 spiro atoms. The molecule has 0 radical (unpaired) electrons. The Morgan fingerprint density at radius 2 is 2.00 bits per heavy atom. The van der Waals surface area contributed by atoms with Gasteiger partial charge in [-0.3, -0.25) is 0 Å². The van der Waals surface area contributed by atoms with Gasteiger partial charge in [0.15, 0.2) is 0 Å². The number of nitrogens with one attached hydrogen (secondary N) is 1. The average Bonchev–Trinajstić information content (AvgIpc) is 2.86. The van der Waals surface area contributed by atoms with Gasteiger partial charge in [0, 0.05) is 19.1 Å². The van der Waals surface area contributed by atoms with E-state index in [1.165, 1.54) is 24.1 Å². The minimum Gasteiger partial charge on any atom is -0.316 e. The van der Waals surface area contributed by atoms with Crippen LogP contribution in [0.15, 0.2) is 21.5 Å². The summed E-state index contributed by atoms with van der Waals surface area (Å²) in [6.45, 7) is 5.73. The predicted molar refractivity (Wildman–Crippen MR) is 80.3 cm³/mol. The molecular formula is C13H19BrF2N2S. The van der Waals surface area contributed by atoms with Crippen LogP contribution in [-0.2, 0) is 0 Å². The molecule has 0 amide bonds. The van der Waals surface area contributed by atoms with Gasteiger partial charge >= 0.3 is 0 Å². The predicted octanol–water partition coefficient (Wildman–Crippen LogP) is 4.05. The van der Waals surface area contributed by atoms with E-state index in [2.05, 4.69) is 21.2 Å². The Morgan fingerprint density at radius 1 is 1.32 bits per heavy atom. The molecule has 1 aliphatic rings. The van der Waals surface area contributed by atoms with Crippen molar-refractivity contribution in [2.45, 2.75) is 31.2 Å². The fraction of sp³-hybridized carbons (Fsp3) is 0.538. The summed E-state index contributed by atoms with van der Waals surface area (Å²) in [5, 5.41) is 3.18. The molecule has 6 heteroatoms. The van der Waals surface area contributed by atoms with Gasteiger partial charge in [-0.2, -0.15) is 0 Å². The number of hydrogen-bond donors (Lipinski definition) is 1. The number of rotatable bonds is 3. The Kier molecular flexibility index (Phi) is 7.28. The summed E-state index contributed by atoms with van der Waals surface area (Å²) in [6.07, 6.45) is 1.03. The topological polar surface area (TPSA) is 15.3 Å². The zero-order valence-electron chi connectivity index (χ0n) is 11.3. The molecule has 1 N–H and O–H groups in total. The molecule has 1 heterocycles. The molecule has 2 rings (SSSR count). The molecule has 1 aliphatic heterocycles. The lowest BCUT2D eigenvalue weighted by Gasteiger charge is -2.15. The Balaban J connectivity index is 0.000000861. The fourth-order valence-electron chi connectivity index (χ4n) is 1.76. The van der Waals surface area contributed by atoms with E-state index in [-0.39, 0.29) is 4.47 Å². The first-order chi connectivity index (χ1) is 9.10. The molecule has 108 valence electrons.